The van der Waals surface area contributed by atoms with E-state index in [4.69, 9.17) is 0 Å². The second kappa shape index (κ2) is 7.03. The Bertz CT molecular complexity index is 418. The number of hydrogen-bond acceptors (Lipinski definition) is 2. The number of carbonyl (C=O) groups is 1. The Labute approximate surface area is 123 Å². The number of carbonyl (C=O) groups excluding carboxylic acids is 1. The van der Waals surface area contributed by atoms with Gasteiger partial charge in [0.1, 0.15) is 0 Å². The number of likely N-dealkylation sites (tertiary alicyclic amines) is 1. The van der Waals surface area contributed by atoms with Crippen LogP contribution in [0.2, 0.25) is 0 Å². The summed E-state index contributed by atoms with van der Waals surface area (Å²) in [7, 11) is 0. The number of piperidine rings is 1. The van der Waals surface area contributed by atoms with Crippen molar-refractivity contribution in [2.45, 2.75) is 57.9 Å². The topological polar surface area (TPSA) is 20.3 Å². The highest BCUT2D eigenvalue weighted by atomic mass is 16.1. The second-order valence-corrected chi connectivity index (χ2v) is 6.37. The first kappa shape index (κ1) is 15.2. The molecule has 1 aliphatic heterocycles. The van der Waals surface area contributed by atoms with E-state index in [0.29, 0.717) is 12.2 Å². The maximum atomic E-state index is 12.5. The fourth-order valence-electron chi connectivity index (χ4n) is 3.03. The van der Waals surface area contributed by atoms with E-state index >= 15 is 0 Å². The minimum absolute atomic E-state index is 0.281. The van der Waals surface area contributed by atoms with Gasteiger partial charge in [-0.1, -0.05) is 36.8 Å². The van der Waals surface area contributed by atoms with Crippen LogP contribution in [0.4, 0.5) is 0 Å². The van der Waals surface area contributed by atoms with Gasteiger partial charge in [-0.3, -0.25) is 9.69 Å². The summed E-state index contributed by atoms with van der Waals surface area (Å²) in [6.07, 6.45) is 6.44. The van der Waals surface area contributed by atoms with Crippen LogP contribution in [0.1, 0.15) is 51.5 Å². The average molecular weight is 273 g/mol. The van der Waals surface area contributed by atoms with Gasteiger partial charge in [0.2, 0.25) is 0 Å². The molecule has 1 aromatic carbocycles. The predicted octanol–water partition coefficient (Wildman–Crippen LogP) is 3.84. The Morgan fingerprint density at radius 1 is 1.10 bits per heavy atom. The van der Waals surface area contributed by atoms with E-state index in [1.54, 1.807) is 0 Å². The molecule has 0 spiro atoms. The Hall–Kier alpha value is -1.15. The molecule has 0 bridgehead atoms. The van der Waals surface area contributed by atoms with Crippen molar-refractivity contribution in [2.75, 3.05) is 13.1 Å². The van der Waals surface area contributed by atoms with Gasteiger partial charge in [0.05, 0.1) is 5.54 Å². The molecule has 110 valence electrons. The molecule has 0 unspecified atom stereocenters. The summed E-state index contributed by atoms with van der Waals surface area (Å²) in [6.45, 7) is 6.36. The van der Waals surface area contributed by atoms with E-state index in [9.17, 15) is 4.79 Å². The van der Waals surface area contributed by atoms with Gasteiger partial charge in [-0.2, -0.15) is 0 Å². The first-order valence-electron chi connectivity index (χ1n) is 7.93. The molecule has 0 aliphatic carbocycles. The van der Waals surface area contributed by atoms with Crippen LogP contribution in [0.15, 0.2) is 30.3 Å². The number of Topliss-reactive ketones (excluding diaryl/α,β-unsaturated/α-hetero) is 1. The molecule has 2 rings (SSSR count). The summed E-state index contributed by atoms with van der Waals surface area (Å²) < 4.78 is 0. The van der Waals surface area contributed by atoms with Crippen LogP contribution in [-0.4, -0.2) is 29.3 Å². The van der Waals surface area contributed by atoms with Gasteiger partial charge < -0.3 is 0 Å². The van der Waals surface area contributed by atoms with E-state index in [2.05, 4.69) is 43.0 Å². The molecule has 1 saturated heterocycles. The van der Waals surface area contributed by atoms with Crippen LogP contribution >= 0.6 is 0 Å². The molecular weight excluding hydrogens is 246 g/mol. The highest BCUT2D eigenvalue weighted by Crippen LogP contribution is 2.23. The van der Waals surface area contributed by atoms with E-state index in [-0.39, 0.29) is 5.54 Å². The molecule has 0 aromatic heterocycles. The van der Waals surface area contributed by atoms with Gasteiger partial charge in [0.25, 0.3) is 0 Å². The van der Waals surface area contributed by atoms with E-state index in [1.165, 1.54) is 24.8 Å². The molecule has 1 aliphatic rings. The summed E-state index contributed by atoms with van der Waals surface area (Å²) in [5.41, 5.74) is 1.05. The minimum Gasteiger partial charge on any atom is -0.298 e. The summed E-state index contributed by atoms with van der Waals surface area (Å²) in [5.74, 6) is 0.398. The fraction of sp³-hybridized carbons (Fsp3) is 0.611. The van der Waals surface area contributed by atoms with Crippen LogP contribution in [-0.2, 0) is 11.2 Å². The third-order valence-electron chi connectivity index (χ3n) is 4.54. The number of ketones is 1. The normalized spacial score (nSPS) is 17.1. The van der Waals surface area contributed by atoms with Gasteiger partial charge in [-0.25, -0.2) is 0 Å². The van der Waals surface area contributed by atoms with Gasteiger partial charge in [-0.15, -0.1) is 0 Å². The maximum Gasteiger partial charge on any atom is 0.152 e. The lowest BCUT2D eigenvalue weighted by molar-refractivity contribution is -0.130. The summed E-state index contributed by atoms with van der Waals surface area (Å²) in [5, 5.41) is 0. The Balaban J connectivity index is 1.81. The van der Waals surface area contributed by atoms with Gasteiger partial charge >= 0.3 is 0 Å². The van der Waals surface area contributed by atoms with Crippen LogP contribution < -0.4 is 0 Å². The van der Waals surface area contributed by atoms with Crippen molar-refractivity contribution < 1.29 is 4.79 Å². The van der Waals surface area contributed by atoms with Crippen LogP contribution in [0, 0.1) is 0 Å². The molecular formula is C18H27NO. The Morgan fingerprint density at radius 2 is 1.75 bits per heavy atom. The number of nitrogens with zero attached hydrogens (tertiary/aromatic N) is 1. The molecule has 20 heavy (non-hydrogen) atoms. The minimum atomic E-state index is -0.281. The monoisotopic (exact) mass is 273 g/mol. The largest absolute Gasteiger partial charge is 0.298 e. The van der Waals surface area contributed by atoms with Crippen molar-refractivity contribution in [3.8, 4) is 0 Å². The smallest absolute Gasteiger partial charge is 0.152 e. The van der Waals surface area contributed by atoms with Crippen molar-refractivity contribution in [3.05, 3.63) is 35.9 Å². The van der Waals surface area contributed by atoms with E-state index in [0.717, 1.165) is 25.9 Å². The number of benzene rings is 1. The zero-order valence-corrected chi connectivity index (χ0v) is 12.9. The number of hydrogen-bond donors (Lipinski definition) is 0. The molecule has 0 atom stereocenters. The molecule has 2 nitrogen and oxygen atoms in total. The van der Waals surface area contributed by atoms with E-state index < -0.39 is 0 Å². The lowest BCUT2D eigenvalue weighted by Crippen LogP contribution is -2.52. The third-order valence-corrected chi connectivity index (χ3v) is 4.54. The first-order chi connectivity index (χ1) is 9.60. The fourth-order valence-corrected chi connectivity index (χ4v) is 3.03. The zero-order valence-electron chi connectivity index (χ0n) is 12.9. The van der Waals surface area contributed by atoms with Gasteiger partial charge in [0, 0.05) is 6.42 Å². The van der Waals surface area contributed by atoms with Crippen molar-refractivity contribution in [2.24, 2.45) is 0 Å². The van der Waals surface area contributed by atoms with Crippen molar-refractivity contribution in [3.63, 3.8) is 0 Å². The molecule has 2 heteroatoms. The Morgan fingerprint density at radius 3 is 2.40 bits per heavy atom. The average Bonchev–Trinajstić information content (AvgIpc) is 2.49. The summed E-state index contributed by atoms with van der Waals surface area (Å²) in [4.78, 5) is 14.9. The predicted molar refractivity (Wildman–Crippen MR) is 83.9 cm³/mol. The lowest BCUT2D eigenvalue weighted by atomic mass is 9.90. The molecule has 0 radical (unpaired) electrons. The molecule has 0 N–H and O–H groups in total. The lowest BCUT2D eigenvalue weighted by Gasteiger charge is -2.39. The van der Waals surface area contributed by atoms with Crippen LogP contribution in [0.3, 0.4) is 0 Å². The quantitative estimate of drug-likeness (QED) is 0.785. The van der Waals surface area contributed by atoms with Crippen molar-refractivity contribution >= 4 is 5.78 Å². The molecule has 1 aromatic rings. The number of rotatable bonds is 6. The highest BCUT2D eigenvalue weighted by Gasteiger charge is 2.34. The molecule has 0 saturated carbocycles. The third kappa shape index (κ3) is 3.92. The second-order valence-electron chi connectivity index (χ2n) is 6.37. The van der Waals surface area contributed by atoms with Crippen molar-refractivity contribution in [1.82, 2.24) is 4.90 Å². The maximum absolute atomic E-state index is 12.5. The van der Waals surface area contributed by atoms with Gasteiger partial charge in [-0.05, 0) is 58.2 Å². The Kier molecular flexibility index (Phi) is 5.36. The SMILES string of the molecule is CC(C)(C(=O)CCCc1ccccc1)N1CCCCC1. The zero-order chi connectivity index (χ0) is 14.4. The highest BCUT2D eigenvalue weighted by molar-refractivity contribution is 5.87. The standard InChI is InChI=1S/C18H27NO/c1-18(2,19-14-7-4-8-15-19)17(20)13-9-12-16-10-5-3-6-11-16/h3,5-6,10-11H,4,7-9,12-15H2,1-2H3. The van der Waals surface area contributed by atoms with Crippen LogP contribution in [0.25, 0.3) is 0 Å². The summed E-state index contributed by atoms with van der Waals surface area (Å²) in [6, 6.07) is 10.4. The molecule has 1 heterocycles. The first-order valence-corrected chi connectivity index (χ1v) is 7.93. The van der Waals surface area contributed by atoms with Gasteiger partial charge in [0.15, 0.2) is 5.78 Å². The molecule has 1 fully saturated rings. The molecule has 0 amide bonds. The summed E-state index contributed by atoms with van der Waals surface area (Å²) >= 11 is 0. The van der Waals surface area contributed by atoms with Crippen LogP contribution in [0.5, 0.6) is 0 Å². The van der Waals surface area contributed by atoms with Crippen molar-refractivity contribution in [1.29, 1.82) is 0 Å². The van der Waals surface area contributed by atoms with E-state index in [1.807, 2.05) is 6.07 Å². The number of aryl methyl sites for hydroxylation is 1.